The van der Waals surface area contributed by atoms with Crippen LogP contribution in [-0.4, -0.2) is 25.5 Å². The lowest BCUT2D eigenvalue weighted by atomic mass is 10.1. The number of methoxy groups -OCH3 is 1. The fraction of sp³-hybridized carbons (Fsp3) is 0.625. The molecule has 0 aromatic heterocycles. The minimum atomic E-state index is -0.350. The van der Waals surface area contributed by atoms with Gasteiger partial charge in [0, 0.05) is 18.0 Å². The van der Waals surface area contributed by atoms with Crippen LogP contribution in [-0.2, 0) is 9.53 Å². The molecule has 0 bridgehead atoms. The Morgan fingerprint density at radius 3 is 2.08 bits per heavy atom. The maximum absolute atomic E-state index is 10.8. The molecule has 0 aromatic carbocycles. The number of hydrogen-bond acceptors (Lipinski definition) is 3. The first-order chi connectivity index (χ1) is 5.63. The van der Waals surface area contributed by atoms with E-state index in [1.807, 2.05) is 0 Å². The molecule has 12 heavy (non-hydrogen) atoms. The molecule has 0 heterocycles. The van der Waals surface area contributed by atoms with Crippen LogP contribution < -0.4 is 5.73 Å². The molecular weight excluding hydrogens is 178 g/mol. The molecule has 0 rings (SSSR count). The second-order valence-electron chi connectivity index (χ2n) is 2.02. The van der Waals surface area contributed by atoms with Gasteiger partial charge in [0.05, 0.1) is 7.11 Å². The van der Waals surface area contributed by atoms with Gasteiger partial charge in [0.2, 0.25) is 0 Å². The van der Waals surface area contributed by atoms with Gasteiger partial charge >= 0.3 is 5.97 Å². The SMILES string of the molecule is CC=C(C(=O)OC)C(C)N.CCl. The van der Waals surface area contributed by atoms with Crippen molar-refractivity contribution < 1.29 is 9.53 Å². The maximum atomic E-state index is 10.8. The molecule has 0 amide bonds. The number of hydrogen-bond donors (Lipinski definition) is 1. The minimum Gasteiger partial charge on any atom is -0.466 e. The lowest BCUT2D eigenvalue weighted by Crippen LogP contribution is -2.24. The van der Waals surface area contributed by atoms with Crippen molar-refractivity contribution in [3.63, 3.8) is 0 Å². The number of rotatable bonds is 2. The van der Waals surface area contributed by atoms with E-state index in [0.29, 0.717) is 5.57 Å². The molecule has 0 fully saturated rings. The van der Waals surface area contributed by atoms with Crippen LogP contribution in [0.4, 0.5) is 0 Å². The van der Waals surface area contributed by atoms with Gasteiger partial charge in [0.25, 0.3) is 0 Å². The molecule has 0 spiro atoms. The normalized spacial score (nSPS) is 12.7. The van der Waals surface area contributed by atoms with E-state index in [4.69, 9.17) is 5.73 Å². The van der Waals surface area contributed by atoms with Crippen LogP contribution >= 0.6 is 11.6 Å². The van der Waals surface area contributed by atoms with E-state index in [9.17, 15) is 4.79 Å². The Kier molecular flexibility index (Phi) is 9.99. The van der Waals surface area contributed by atoms with Crippen LogP contribution in [0.25, 0.3) is 0 Å². The molecular formula is C8H16ClNO2. The summed E-state index contributed by atoms with van der Waals surface area (Å²) in [5.41, 5.74) is 5.97. The Balaban J connectivity index is 0. The van der Waals surface area contributed by atoms with Crippen molar-refractivity contribution in [1.82, 2.24) is 0 Å². The highest BCUT2D eigenvalue weighted by Gasteiger charge is 2.11. The van der Waals surface area contributed by atoms with Gasteiger partial charge in [-0.3, -0.25) is 0 Å². The second kappa shape index (κ2) is 8.56. The van der Waals surface area contributed by atoms with Crippen LogP contribution in [0, 0.1) is 0 Å². The van der Waals surface area contributed by atoms with E-state index in [0.717, 1.165) is 0 Å². The van der Waals surface area contributed by atoms with Crippen molar-refractivity contribution >= 4 is 17.6 Å². The third-order valence-corrected chi connectivity index (χ3v) is 1.22. The summed E-state index contributed by atoms with van der Waals surface area (Å²) in [7, 11) is 1.34. The van der Waals surface area contributed by atoms with Gasteiger partial charge in [-0.25, -0.2) is 4.79 Å². The van der Waals surface area contributed by atoms with Crippen molar-refractivity contribution in [3.8, 4) is 0 Å². The minimum absolute atomic E-state index is 0.252. The zero-order valence-electron chi connectivity index (χ0n) is 7.93. The summed E-state index contributed by atoms with van der Waals surface area (Å²) >= 11 is 4.64. The lowest BCUT2D eigenvalue weighted by molar-refractivity contribution is -0.136. The van der Waals surface area contributed by atoms with Gasteiger partial charge in [0.15, 0.2) is 0 Å². The lowest BCUT2D eigenvalue weighted by Gasteiger charge is -2.06. The molecule has 2 N–H and O–H groups in total. The highest BCUT2D eigenvalue weighted by Crippen LogP contribution is 2.00. The van der Waals surface area contributed by atoms with Crippen LogP contribution in [0.3, 0.4) is 0 Å². The molecule has 0 saturated heterocycles. The van der Waals surface area contributed by atoms with Crippen LogP contribution in [0.5, 0.6) is 0 Å². The van der Waals surface area contributed by atoms with Gasteiger partial charge in [0.1, 0.15) is 0 Å². The van der Waals surface area contributed by atoms with Gasteiger partial charge in [-0.1, -0.05) is 6.08 Å². The summed E-state index contributed by atoms with van der Waals surface area (Å²) in [6, 6.07) is -0.252. The van der Waals surface area contributed by atoms with Gasteiger partial charge in [-0.15, -0.1) is 11.6 Å². The molecule has 72 valence electrons. The zero-order chi connectivity index (χ0) is 10.1. The van der Waals surface area contributed by atoms with Crippen LogP contribution in [0.2, 0.25) is 0 Å². The predicted molar refractivity (Wildman–Crippen MR) is 51.2 cm³/mol. The van der Waals surface area contributed by atoms with E-state index < -0.39 is 0 Å². The molecule has 0 aromatic rings. The highest BCUT2D eigenvalue weighted by atomic mass is 35.5. The van der Waals surface area contributed by atoms with E-state index in [1.165, 1.54) is 13.5 Å². The van der Waals surface area contributed by atoms with E-state index in [-0.39, 0.29) is 12.0 Å². The predicted octanol–water partition coefficient (Wildman–Crippen LogP) is 1.31. The largest absolute Gasteiger partial charge is 0.466 e. The Morgan fingerprint density at radius 2 is 2.00 bits per heavy atom. The van der Waals surface area contributed by atoms with Crippen molar-refractivity contribution in [2.24, 2.45) is 5.73 Å². The first-order valence-electron chi connectivity index (χ1n) is 3.51. The number of carbonyl (C=O) groups is 1. The summed E-state index contributed by atoms with van der Waals surface area (Å²) < 4.78 is 4.48. The first-order valence-corrected chi connectivity index (χ1v) is 4.27. The molecule has 0 aliphatic rings. The number of nitrogens with two attached hydrogens (primary N) is 1. The monoisotopic (exact) mass is 193 g/mol. The van der Waals surface area contributed by atoms with Crippen molar-refractivity contribution in [2.45, 2.75) is 19.9 Å². The Labute approximate surface area is 78.5 Å². The zero-order valence-corrected chi connectivity index (χ0v) is 8.68. The maximum Gasteiger partial charge on any atom is 0.334 e. The Hall–Kier alpha value is -0.540. The summed E-state index contributed by atoms with van der Waals surface area (Å²) in [4.78, 5) is 10.8. The van der Waals surface area contributed by atoms with E-state index in [2.05, 4.69) is 16.3 Å². The van der Waals surface area contributed by atoms with Crippen molar-refractivity contribution in [3.05, 3.63) is 11.6 Å². The fourth-order valence-corrected chi connectivity index (χ4v) is 0.684. The molecule has 4 heteroatoms. The summed E-state index contributed by atoms with van der Waals surface area (Å²) in [5.74, 6) is -0.350. The summed E-state index contributed by atoms with van der Waals surface area (Å²) in [6.45, 7) is 3.50. The number of esters is 1. The standard InChI is InChI=1S/C7H13NO2.CH3Cl/c1-4-6(5(2)8)7(9)10-3;1-2/h4-5H,8H2,1-3H3;1H3. The Bertz CT molecular complexity index is 155. The fourth-order valence-electron chi connectivity index (χ4n) is 0.684. The molecule has 1 unspecified atom stereocenters. The van der Waals surface area contributed by atoms with Gasteiger partial charge in [-0.05, 0) is 13.8 Å². The third kappa shape index (κ3) is 5.16. The Morgan fingerprint density at radius 1 is 1.58 bits per heavy atom. The van der Waals surface area contributed by atoms with Crippen molar-refractivity contribution in [2.75, 3.05) is 13.5 Å². The molecule has 0 aliphatic heterocycles. The average molecular weight is 194 g/mol. The van der Waals surface area contributed by atoms with Gasteiger partial charge < -0.3 is 10.5 Å². The number of carbonyl (C=O) groups excluding carboxylic acids is 1. The summed E-state index contributed by atoms with van der Waals surface area (Å²) in [6.07, 6.45) is 3.14. The van der Waals surface area contributed by atoms with Gasteiger partial charge in [-0.2, -0.15) is 0 Å². The number of allylic oxidation sites excluding steroid dienone is 1. The highest BCUT2D eigenvalue weighted by molar-refractivity contribution is 6.15. The van der Waals surface area contributed by atoms with Crippen LogP contribution in [0.15, 0.2) is 11.6 Å². The quantitative estimate of drug-likeness (QED) is 0.409. The van der Waals surface area contributed by atoms with Crippen LogP contribution in [0.1, 0.15) is 13.8 Å². The number of halogens is 1. The first kappa shape index (κ1) is 14.0. The molecule has 3 nitrogen and oxygen atoms in total. The summed E-state index contributed by atoms with van der Waals surface area (Å²) in [5, 5.41) is 0. The molecule has 1 atom stereocenters. The average Bonchev–Trinajstić information content (AvgIpc) is 2.08. The topological polar surface area (TPSA) is 52.3 Å². The third-order valence-electron chi connectivity index (χ3n) is 1.22. The molecule has 0 aliphatic carbocycles. The second-order valence-corrected chi connectivity index (χ2v) is 2.02. The molecule has 0 saturated carbocycles. The van der Waals surface area contributed by atoms with E-state index in [1.54, 1.807) is 19.9 Å². The molecule has 0 radical (unpaired) electrons. The number of ether oxygens (including phenoxy) is 1. The smallest absolute Gasteiger partial charge is 0.334 e. The van der Waals surface area contributed by atoms with Crippen molar-refractivity contribution in [1.29, 1.82) is 0 Å². The van der Waals surface area contributed by atoms with E-state index >= 15 is 0 Å². The number of alkyl halides is 1.